The molecule has 2 aliphatic heterocycles. The highest BCUT2D eigenvalue weighted by atomic mass is 16.6. The molecule has 1 aromatic carbocycles. The minimum Gasteiger partial charge on any atom is -0.479 e. The number of hydrogen-bond acceptors (Lipinski definition) is 6. The SMILES string of the molecule is CCCC(=O)c1ccc2c(c1)N(CC(=O)N1CCCN(C(=O)OC(C)(C)C)CC1)C(=O)C(C)O2. The minimum absolute atomic E-state index is 0.0163. The van der Waals surface area contributed by atoms with Crippen LogP contribution in [0.25, 0.3) is 0 Å². The van der Waals surface area contributed by atoms with Gasteiger partial charge in [0, 0.05) is 38.2 Å². The van der Waals surface area contributed by atoms with Gasteiger partial charge in [0.25, 0.3) is 5.91 Å². The molecule has 9 nitrogen and oxygen atoms in total. The lowest BCUT2D eigenvalue weighted by Crippen LogP contribution is -2.50. The molecule has 1 saturated heterocycles. The van der Waals surface area contributed by atoms with E-state index in [0.29, 0.717) is 56.0 Å². The van der Waals surface area contributed by atoms with Gasteiger partial charge >= 0.3 is 6.09 Å². The number of anilines is 1. The van der Waals surface area contributed by atoms with E-state index in [0.717, 1.165) is 6.42 Å². The molecule has 0 spiro atoms. The van der Waals surface area contributed by atoms with Crippen molar-refractivity contribution in [3.63, 3.8) is 0 Å². The van der Waals surface area contributed by atoms with Crippen molar-refractivity contribution >= 4 is 29.4 Å². The van der Waals surface area contributed by atoms with Gasteiger partial charge in [0.05, 0.1) is 5.69 Å². The van der Waals surface area contributed by atoms with Crippen LogP contribution in [0.15, 0.2) is 18.2 Å². The third-order valence-corrected chi connectivity index (χ3v) is 5.76. The highest BCUT2D eigenvalue weighted by Crippen LogP contribution is 2.35. The lowest BCUT2D eigenvalue weighted by molar-refractivity contribution is -0.133. The number of Topliss-reactive ketones (excluding diaryl/α,β-unsaturated/α-hetero) is 1. The van der Waals surface area contributed by atoms with Crippen LogP contribution in [0.5, 0.6) is 5.75 Å². The smallest absolute Gasteiger partial charge is 0.410 e. The van der Waals surface area contributed by atoms with E-state index < -0.39 is 17.8 Å². The maximum atomic E-state index is 13.2. The molecule has 0 saturated carbocycles. The van der Waals surface area contributed by atoms with Crippen LogP contribution in [0.3, 0.4) is 0 Å². The van der Waals surface area contributed by atoms with Crippen LogP contribution in [-0.4, -0.2) is 77.9 Å². The van der Waals surface area contributed by atoms with Crippen LogP contribution in [0, 0.1) is 0 Å². The molecule has 3 rings (SSSR count). The average Bonchev–Trinajstić information content (AvgIpc) is 3.02. The number of ketones is 1. The van der Waals surface area contributed by atoms with E-state index in [9.17, 15) is 19.2 Å². The van der Waals surface area contributed by atoms with Crippen molar-refractivity contribution in [3.8, 4) is 5.75 Å². The largest absolute Gasteiger partial charge is 0.479 e. The van der Waals surface area contributed by atoms with Crippen molar-refractivity contribution < 1.29 is 28.7 Å². The van der Waals surface area contributed by atoms with E-state index in [2.05, 4.69) is 0 Å². The predicted molar refractivity (Wildman–Crippen MR) is 127 cm³/mol. The molecule has 1 unspecified atom stereocenters. The number of nitrogens with zero attached hydrogens (tertiary/aromatic N) is 3. The van der Waals surface area contributed by atoms with Gasteiger partial charge in [-0.3, -0.25) is 19.3 Å². The fraction of sp³-hybridized carbons (Fsp3) is 0.600. The molecule has 0 aliphatic carbocycles. The molecule has 0 bridgehead atoms. The fourth-order valence-corrected chi connectivity index (χ4v) is 4.03. The Bertz CT molecular complexity index is 954. The van der Waals surface area contributed by atoms with Gasteiger partial charge in [-0.05, 0) is 58.7 Å². The summed E-state index contributed by atoms with van der Waals surface area (Å²) in [6.07, 6.45) is 0.622. The van der Waals surface area contributed by atoms with E-state index in [4.69, 9.17) is 9.47 Å². The third kappa shape index (κ3) is 6.07. The molecule has 186 valence electrons. The summed E-state index contributed by atoms with van der Waals surface area (Å²) in [6, 6.07) is 5.01. The topological polar surface area (TPSA) is 96.5 Å². The first kappa shape index (κ1) is 25.5. The standard InChI is InChI=1S/C25H35N3O6/c1-6-8-20(29)18-9-10-21-19(15-18)28(23(31)17(2)33-21)16-22(30)26-11-7-12-27(14-13-26)24(32)34-25(3,4)5/h9-10,15,17H,6-8,11-14,16H2,1-5H3. The molecule has 2 heterocycles. The number of benzene rings is 1. The van der Waals surface area contributed by atoms with Crippen molar-refractivity contribution in [2.45, 2.75) is 65.6 Å². The van der Waals surface area contributed by atoms with E-state index in [1.54, 1.807) is 34.9 Å². The van der Waals surface area contributed by atoms with E-state index >= 15 is 0 Å². The van der Waals surface area contributed by atoms with Crippen molar-refractivity contribution in [1.29, 1.82) is 0 Å². The summed E-state index contributed by atoms with van der Waals surface area (Å²) < 4.78 is 11.2. The lowest BCUT2D eigenvalue weighted by Gasteiger charge is -2.34. The molecule has 0 radical (unpaired) electrons. The van der Waals surface area contributed by atoms with Gasteiger partial charge in [-0.1, -0.05) is 6.92 Å². The first-order chi connectivity index (χ1) is 16.0. The molecule has 0 N–H and O–H groups in total. The first-order valence-electron chi connectivity index (χ1n) is 11.9. The number of carbonyl (C=O) groups is 4. The van der Waals surface area contributed by atoms with Crippen molar-refractivity contribution in [1.82, 2.24) is 9.80 Å². The van der Waals surface area contributed by atoms with Crippen LogP contribution in [0.4, 0.5) is 10.5 Å². The summed E-state index contributed by atoms with van der Waals surface area (Å²) in [6.45, 7) is 10.6. The van der Waals surface area contributed by atoms with Gasteiger partial charge in [-0.15, -0.1) is 0 Å². The second-order valence-electron chi connectivity index (χ2n) is 9.74. The van der Waals surface area contributed by atoms with Gasteiger partial charge in [-0.25, -0.2) is 4.79 Å². The summed E-state index contributed by atoms with van der Waals surface area (Å²) in [7, 11) is 0. The van der Waals surface area contributed by atoms with Gasteiger partial charge in [-0.2, -0.15) is 0 Å². The predicted octanol–water partition coefficient (Wildman–Crippen LogP) is 3.25. The number of amides is 3. The molecule has 0 aromatic heterocycles. The Morgan fingerprint density at radius 2 is 1.76 bits per heavy atom. The fourth-order valence-electron chi connectivity index (χ4n) is 4.03. The second kappa shape index (κ2) is 10.4. The number of hydrogen-bond donors (Lipinski definition) is 0. The zero-order valence-electron chi connectivity index (χ0n) is 20.8. The van der Waals surface area contributed by atoms with Crippen LogP contribution in [0.2, 0.25) is 0 Å². The van der Waals surface area contributed by atoms with Gasteiger partial charge in [0.15, 0.2) is 11.9 Å². The van der Waals surface area contributed by atoms with Crippen molar-refractivity contribution in [3.05, 3.63) is 23.8 Å². The minimum atomic E-state index is -0.732. The zero-order chi connectivity index (χ0) is 25.0. The first-order valence-corrected chi connectivity index (χ1v) is 11.9. The Labute approximate surface area is 201 Å². The maximum Gasteiger partial charge on any atom is 0.410 e. The van der Waals surface area contributed by atoms with Crippen molar-refractivity contribution in [2.24, 2.45) is 0 Å². The van der Waals surface area contributed by atoms with Gasteiger partial charge < -0.3 is 19.3 Å². The molecule has 1 atom stereocenters. The Morgan fingerprint density at radius 1 is 1.09 bits per heavy atom. The number of fused-ring (bicyclic) bond motifs is 1. The van der Waals surface area contributed by atoms with E-state index in [1.807, 2.05) is 27.7 Å². The maximum absolute atomic E-state index is 13.2. The van der Waals surface area contributed by atoms with Crippen LogP contribution in [-0.2, 0) is 14.3 Å². The summed E-state index contributed by atoms with van der Waals surface area (Å²) in [5.74, 6) is -0.0896. The number of carbonyl (C=O) groups excluding carboxylic acids is 4. The summed E-state index contributed by atoms with van der Waals surface area (Å²) in [4.78, 5) is 55.6. The molecule has 1 fully saturated rings. The third-order valence-electron chi connectivity index (χ3n) is 5.76. The number of rotatable bonds is 5. The van der Waals surface area contributed by atoms with Crippen LogP contribution >= 0.6 is 0 Å². The second-order valence-corrected chi connectivity index (χ2v) is 9.74. The van der Waals surface area contributed by atoms with E-state index in [-0.39, 0.29) is 24.1 Å². The molecule has 1 aromatic rings. The highest BCUT2D eigenvalue weighted by molar-refractivity contribution is 6.05. The molecule has 3 amide bonds. The normalized spacial score (nSPS) is 18.7. The zero-order valence-corrected chi connectivity index (χ0v) is 20.8. The summed E-state index contributed by atoms with van der Waals surface area (Å²) in [5.41, 5.74) is 0.340. The Kier molecular flexibility index (Phi) is 7.84. The lowest BCUT2D eigenvalue weighted by atomic mass is 10.0. The summed E-state index contributed by atoms with van der Waals surface area (Å²) >= 11 is 0. The molecule has 34 heavy (non-hydrogen) atoms. The monoisotopic (exact) mass is 473 g/mol. The molecule has 9 heteroatoms. The van der Waals surface area contributed by atoms with Gasteiger partial charge in [0.1, 0.15) is 17.9 Å². The molecular weight excluding hydrogens is 438 g/mol. The van der Waals surface area contributed by atoms with Gasteiger partial charge in [0.2, 0.25) is 5.91 Å². The Hall–Kier alpha value is -3.10. The molecule has 2 aliphatic rings. The highest BCUT2D eigenvalue weighted by Gasteiger charge is 2.35. The van der Waals surface area contributed by atoms with Crippen LogP contribution in [0.1, 0.15) is 64.2 Å². The average molecular weight is 474 g/mol. The quantitative estimate of drug-likeness (QED) is 0.609. The molecular formula is C25H35N3O6. The van der Waals surface area contributed by atoms with Crippen molar-refractivity contribution in [2.75, 3.05) is 37.6 Å². The van der Waals surface area contributed by atoms with E-state index in [1.165, 1.54) is 4.90 Å². The Morgan fingerprint density at radius 3 is 2.44 bits per heavy atom. The van der Waals surface area contributed by atoms with Crippen LogP contribution < -0.4 is 9.64 Å². The number of ether oxygens (including phenoxy) is 2. The Balaban J connectivity index is 1.73. The summed E-state index contributed by atoms with van der Waals surface area (Å²) in [5, 5.41) is 0.